The van der Waals surface area contributed by atoms with Crippen LogP contribution in [-0.4, -0.2) is 0 Å². The van der Waals surface area contributed by atoms with Gasteiger partial charge in [-0.1, -0.05) is 76.2 Å². The van der Waals surface area contributed by atoms with Crippen LogP contribution in [0.5, 0.6) is 0 Å². The Morgan fingerprint density at radius 2 is 0.895 bits per heavy atom. The van der Waals surface area contributed by atoms with Gasteiger partial charge in [-0.15, -0.1) is 0 Å². The first-order valence-corrected chi connectivity index (χ1v) is 7.03. The second-order valence-electron chi connectivity index (χ2n) is 5.68. The Morgan fingerprint density at radius 3 is 1.16 bits per heavy atom. The van der Waals surface area contributed by atoms with Crippen molar-refractivity contribution in [1.29, 1.82) is 0 Å². The van der Waals surface area contributed by atoms with Gasteiger partial charge in [0.1, 0.15) is 0 Å². The highest BCUT2D eigenvalue weighted by Gasteiger charge is 2.02. The second-order valence-corrected chi connectivity index (χ2v) is 5.68. The molecule has 98 valence electrons. The van der Waals surface area contributed by atoms with Crippen LogP contribution in [0.4, 0.5) is 0 Å². The van der Waals surface area contributed by atoms with Gasteiger partial charge >= 0.3 is 0 Å². The zero-order valence-electron chi connectivity index (χ0n) is 12.3. The first-order valence-electron chi connectivity index (χ1n) is 7.03. The van der Waals surface area contributed by atoms with E-state index >= 15 is 0 Å². The van der Waals surface area contributed by atoms with E-state index in [9.17, 15) is 0 Å². The Kier molecular flexibility index (Phi) is 4.42. The minimum atomic E-state index is 0.583. The second kappa shape index (κ2) is 6.06. The van der Waals surface area contributed by atoms with Crippen molar-refractivity contribution in [3.8, 4) is 0 Å². The molecular weight excluding hydrogens is 228 g/mol. The quantitative estimate of drug-likeness (QED) is 0.680. The van der Waals surface area contributed by atoms with Gasteiger partial charge in [0.25, 0.3) is 0 Å². The van der Waals surface area contributed by atoms with Crippen LogP contribution < -0.4 is 0 Å². The largest absolute Gasteiger partial charge is 0.0587 e. The molecule has 0 heterocycles. The summed E-state index contributed by atoms with van der Waals surface area (Å²) in [5.74, 6) is 1.17. The monoisotopic (exact) mass is 250 g/mol. The van der Waals surface area contributed by atoms with Crippen LogP contribution in [0.15, 0.2) is 48.5 Å². The summed E-state index contributed by atoms with van der Waals surface area (Å²) in [4.78, 5) is 0. The summed E-state index contributed by atoms with van der Waals surface area (Å²) < 4.78 is 0. The van der Waals surface area contributed by atoms with Gasteiger partial charge in [-0.3, -0.25) is 0 Å². The SMILES string of the molecule is CC(C)c1ccc([C]c2ccc(C(C)C)cc2)cc1. The van der Waals surface area contributed by atoms with Gasteiger partial charge < -0.3 is 0 Å². The van der Waals surface area contributed by atoms with Gasteiger partial charge in [0.05, 0.1) is 6.42 Å². The maximum absolute atomic E-state index is 3.44. The normalized spacial score (nSPS) is 11.3. The van der Waals surface area contributed by atoms with Gasteiger partial charge in [0.15, 0.2) is 0 Å². The Hall–Kier alpha value is -1.56. The molecule has 2 aromatic rings. The zero-order valence-corrected chi connectivity index (χ0v) is 12.3. The highest BCUT2D eigenvalue weighted by Crippen LogP contribution is 2.20. The molecule has 0 amide bonds. The molecule has 19 heavy (non-hydrogen) atoms. The summed E-state index contributed by atoms with van der Waals surface area (Å²) >= 11 is 0. The van der Waals surface area contributed by atoms with Crippen molar-refractivity contribution >= 4 is 0 Å². The molecule has 2 aromatic carbocycles. The van der Waals surface area contributed by atoms with Crippen LogP contribution in [0.25, 0.3) is 0 Å². The lowest BCUT2D eigenvalue weighted by molar-refractivity contribution is 0.865. The van der Waals surface area contributed by atoms with Crippen molar-refractivity contribution in [2.75, 3.05) is 0 Å². The summed E-state index contributed by atoms with van der Waals surface area (Å²) in [7, 11) is 0. The van der Waals surface area contributed by atoms with Crippen LogP contribution in [0.3, 0.4) is 0 Å². The Morgan fingerprint density at radius 1 is 0.579 bits per heavy atom. The lowest BCUT2D eigenvalue weighted by Gasteiger charge is -2.08. The lowest BCUT2D eigenvalue weighted by atomic mass is 9.97. The molecule has 0 fully saturated rings. The molecule has 0 aliphatic carbocycles. The van der Waals surface area contributed by atoms with E-state index in [0.29, 0.717) is 11.8 Å². The first kappa shape index (κ1) is 13.9. The molecule has 2 rings (SSSR count). The highest BCUT2D eigenvalue weighted by atomic mass is 14.1. The van der Waals surface area contributed by atoms with Gasteiger partial charge in [-0.05, 0) is 34.1 Å². The van der Waals surface area contributed by atoms with E-state index in [2.05, 4.69) is 82.6 Å². The van der Waals surface area contributed by atoms with Gasteiger partial charge in [-0.2, -0.15) is 0 Å². The maximum Gasteiger partial charge on any atom is 0.0501 e. The van der Waals surface area contributed by atoms with Gasteiger partial charge in [0, 0.05) is 0 Å². The number of hydrogen-bond acceptors (Lipinski definition) is 0. The molecule has 2 radical (unpaired) electrons. The Balaban J connectivity index is 2.08. The number of hydrogen-bond donors (Lipinski definition) is 0. The molecule has 0 saturated heterocycles. The highest BCUT2D eigenvalue weighted by molar-refractivity contribution is 5.39. The fraction of sp³-hybridized carbons (Fsp3) is 0.316. The molecule has 0 atom stereocenters. The first-order chi connectivity index (χ1) is 9.06. The van der Waals surface area contributed by atoms with Gasteiger partial charge in [0.2, 0.25) is 0 Å². The molecule has 0 nitrogen and oxygen atoms in total. The predicted molar refractivity (Wildman–Crippen MR) is 82.5 cm³/mol. The standard InChI is InChI=1S/C19H22/c1-14(2)18-9-5-16(6-10-18)13-17-7-11-19(12-8-17)15(3)4/h5-12,14-15H,1-4H3. The summed E-state index contributed by atoms with van der Waals surface area (Å²) in [5, 5.41) is 0. The van der Waals surface area contributed by atoms with E-state index in [-0.39, 0.29) is 0 Å². The molecule has 0 heteroatoms. The Labute approximate surface area is 117 Å². The van der Waals surface area contributed by atoms with Crippen LogP contribution in [-0.2, 0) is 0 Å². The van der Waals surface area contributed by atoms with Crippen LogP contribution in [0, 0.1) is 6.42 Å². The number of rotatable bonds is 4. The Bertz CT molecular complexity index is 451. The van der Waals surface area contributed by atoms with E-state index in [0.717, 1.165) is 11.1 Å². The average molecular weight is 250 g/mol. The summed E-state index contributed by atoms with van der Waals surface area (Å²) in [6.07, 6.45) is 3.44. The third kappa shape index (κ3) is 3.70. The molecular formula is C19H22. The summed E-state index contributed by atoms with van der Waals surface area (Å²) in [6, 6.07) is 17.3. The summed E-state index contributed by atoms with van der Waals surface area (Å²) in [5.41, 5.74) is 5.03. The van der Waals surface area contributed by atoms with Crippen LogP contribution in [0.2, 0.25) is 0 Å². The lowest BCUT2D eigenvalue weighted by Crippen LogP contribution is -1.91. The minimum Gasteiger partial charge on any atom is -0.0587 e. The fourth-order valence-corrected chi connectivity index (χ4v) is 2.07. The van der Waals surface area contributed by atoms with E-state index in [4.69, 9.17) is 0 Å². The molecule has 0 spiro atoms. The topological polar surface area (TPSA) is 0 Å². The molecule has 0 aliphatic rings. The predicted octanol–water partition coefficient (Wildman–Crippen LogP) is 5.41. The van der Waals surface area contributed by atoms with Crippen LogP contribution in [0.1, 0.15) is 61.8 Å². The van der Waals surface area contributed by atoms with E-state index in [1.54, 1.807) is 0 Å². The molecule has 0 bridgehead atoms. The summed E-state index contributed by atoms with van der Waals surface area (Å²) in [6.45, 7) is 8.86. The maximum atomic E-state index is 3.44. The van der Waals surface area contributed by atoms with E-state index < -0.39 is 0 Å². The molecule has 0 aromatic heterocycles. The third-order valence-corrected chi connectivity index (χ3v) is 3.44. The third-order valence-electron chi connectivity index (χ3n) is 3.44. The average Bonchev–Trinajstić information content (AvgIpc) is 2.40. The van der Waals surface area contributed by atoms with Crippen molar-refractivity contribution in [3.63, 3.8) is 0 Å². The molecule has 0 aliphatic heterocycles. The van der Waals surface area contributed by atoms with Crippen molar-refractivity contribution in [3.05, 3.63) is 77.2 Å². The molecule has 0 N–H and O–H groups in total. The van der Waals surface area contributed by atoms with Crippen molar-refractivity contribution in [1.82, 2.24) is 0 Å². The number of benzene rings is 2. The van der Waals surface area contributed by atoms with E-state index in [1.807, 2.05) is 0 Å². The van der Waals surface area contributed by atoms with Crippen molar-refractivity contribution in [2.45, 2.75) is 39.5 Å². The molecule has 0 saturated carbocycles. The van der Waals surface area contributed by atoms with Crippen LogP contribution >= 0.6 is 0 Å². The van der Waals surface area contributed by atoms with Crippen molar-refractivity contribution in [2.24, 2.45) is 0 Å². The van der Waals surface area contributed by atoms with Gasteiger partial charge in [-0.25, -0.2) is 0 Å². The molecule has 0 unspecified atom stereocenters. The zero-order chi connectivity index (χ0) is 13.8. The fourth-order valence-electron chi connectivity index (χ4n) is 2.07. The smallest absolute Gasteiger partial charge is 0.0501 e. The van der Waals surface area contributed by atoms with E-state index in [1.165, 1.54) is 11.1 Å². The van der Waals surface area contributed by atoms with Crippen molar-refractivity contribution < 1.29 is 0 Å². The minimum absolute atomic E-state index is 0.583.